The fourth-order valence-electron chi connectivity index (χ4n) is 2.39. The summed E-state index contributed by atoms with van der Waals surface area (Å²) in [7, 11) is 0. The van der Waals surface area contributed by atoms with Crippen LogP contribution in [0, 0.1) is 0 Å². The van der Waals surface area contributed by atoms with Gasteiger partial charge in [-0.3, -0.25) is 14.5 Å². The topological polar surface area (TPSA) is 75.4 Å². The summed E-state index contributed by atoms with van der Waals surface area (Å²) >= 11 is 11.8. The number of likely N-dealkylation sites (tertiary alicyclic amines) is 1. The maximum absolute atomic E-state index is 12.2. The maximum Gasteiger partial charge on any atom is 0.253 e. The van der Waals surface area contributed by atoms with Crippen molar-refractivity contribution in [3.63, 3.8) is 0 Å². The van der Waals surface area contributed by atoms with E-state index in [4.69, 9.17) is 28.9 Å². The van der Waals surface area contributed by atoms with Crippen molar-refractivity contribution in [3.8, 4) is 0 Å². The molecule has 0 unspecified atom stereocenters. The van der Waals surface area contributed by atoms with Gasteiger partial charge in [-0.1, -0.05) is 23.2 Å². The highest BCUT2D eigenvalue weighted by atomic mass is 35.5. The molecule has 0 radical (unpaired) electrons. The Kier molecular flexibility index (Phi) is 5.45. The summed E-state index contributed by atoms with van der Waals surface area (Å²) in [5.41, 5.74) is 5.58. The number of hydrogen-bond donors (Lipinski definition) is 2. The summed E-state index contributed by atoms with van der Waals surface area (Å²) < 4.78 is 0. The van der Waals surface area contributed by atoms with E-state index in [1.165, 1.54) is 0 Å². The van der Waals surface area contributed by atoms with Crippen LogP contribution >= 0.6 is 23.2 Å². The van der Waals surface area contributed by atoms with Crippen molar-refractivity contribution in [1.29, 1.82) is 0 Å². The third kappa shape index (κ3) is 4.59. The van der Waals surface area contributed by atoms with Crippen LogP contribution in [0.2, 0.25) is 10.0 Å². The van der Waals surface area contributed by atoms with Gasteiger partial charge in [0, 0.05) is 24.2 Å². The molecule has 3 N–H and O–H groups in total. The molecule has 0 spiro atoms. The van der Waals surface area contributed by atoms with Crippen molar-refractivity contribution in [1.82, 2.24) is 10.2 Å². The Morgan fingerprint density at radius 2 is 1.95 bits per heavy atom. The molecule has 1 saturated heterocycles. The lowest BCUT2D eigenvalue weighted by Crippen LogP contribution is -2.46. The first-order chi connectivity index (χ1) is 9.95. The predicted molar refractivity (Wildman–Crippen MR) is 82.6 cm³/mol. The highest BCUT2D eigenvalue weighted by Gasteiger charge is 2.22. The Bertz CT molecular complexity index is 543. The Labute approximate surface area is 133 Å². The minimum atomic E-state index is -0.328. The number of nitrogens with zero attached hydrogens (tertiary/aromatic N) is 1. The Balaban J connectivity index is 1.88. The molecule has 1 fully saturated rings. The van der Waals surface area contributed by atoms with Crippen molar-refractivity contribution in [3.05, 3.63) is 33.8 Å². The van der Waals surface area contributed by atoms with E-state index in [1.807, 2.05) is 4.90 Å². The van der Waals surface area contributed by atoms with Gasteiger partial charge in [-0.15, -0.1) is 0 Å². The monoisotopic (exact) mass is 329 g/mol. The van der Waals surface area contributed by atoms with Crippen LogP contribution in [-0.2, 0) is 4.79 Å². The van der Waals surface area contributed by atoms with Gasteiger partial charge in [-0.2, -0.15) is 0 Å². The van der Waals surface area contributed by atoms with Gasteiger partial charge < -0.3 is 11.1 Å². The van der Waals surface area contributed by atoms with Crippen molar-refractivity contribution in [2.24, 2.45) is 5.73 Å². The molecule has 0 saturated carbocycles. The molecule has 1 aromatic rings. The van der Waals surface area contributed by atoms with Gasteiger partial charge in [-0.25, -0.2) is 0 Å². The highest BCUT2D eigenvalue weighted by Crippen LogP contribution is 2.21. The van der Waals surface area contributed by atoms with Crippen LogP contribution in [-0.4, -0.2) is 42.4 Å². The van der Waals surface area contributed by atoms with Gasteiger partial charge in [0.05, 0.1) is 17.1 Å². The predicted octanol–water partition coefficient (Wildman–Crippen LogP) is 1.67. The largest absolute Gasteiger partial charge is 0.369 e. The average Bonchev–Trinajstić information content (AvgIpc) is 2.40. The second-order valence-corrected chi connectivity index (χ2v) is 5.96. The van der Waals surface area contributed by atoms with Crippen molar-refractivity contribution in [2.75, 3.05) is 19.6 Å². The maximum atomic E-state index is 12.2. The summed E-state index contributed by atoms with van der Waals surface area (Å²) in [6, 6.07) is 4.88. The third-order valence-electron chi connectivity index (χ3n) is 3.48. The Morgan fingerprint density at radius 3 is 2.52 bits per heavy atom. The van der Waals surface area contributed by atoms with E-state index >= 15 is 0 Å². The highest BCUT2D eigenvalue weighted by molar-refractivity contribution is 6.36. The van der Waals surface area contributed by atoms with E-state index in [-0.39, 0.29) is 24.4 Å². The zero-order valence-electron chi connectivity index (χ0n) is 11.4. The number of amides is 2. The van der Waals surface area contributed by atoms with E-state index in [2.05, 4.69) is 5.32 Å². The summed E-state index contributed by atoms with van der Waals surface area (Å²) in [5, 5.41) is 3.80. The molecule has 2 rings (SSSR count). The molecule has 0 aliphatic carbocycles. The van der Waals surface area contributed by atoms with Crippen LogP contribution in [0.3, 0.4) is 0 Å². The standard InChI is InChI=1S/C14H17Cl2N3O2/c15-9-1-2-11(12(16)7-9)14(21)18-10-3-5-19(6-4-10)8-13(17)20/h1-2,7,10H,3-6,8H2,(H2,17,20)(H,18,21). The number of hydrogen-bond acceptors (Lipinski definition) is 3. The van der Waals surface area contributed by atoms with Crippen LogP contribution in [0.4, 0.5) is 0 Å². The van der Waals surface area contributed by atoms with Gasteiger partial charge in [-0.05, 0) is 31.0 Å². The SMILES string of the molecule is NC(=O)CN1CCC(NC(=O)c2ccc(Cl)cc2Cl)CC1. The number of benzene rings is 1. The van der Waals surface area contributed by atoms with Crippen molar-refractivity contribution in [2.45, 2.75) is 18.9 Å². The number of rotatable bonds is 4. The molecule has 2 amide bonds. The number of carbonyl (C=O) groups excluding carboxylic acids is 2. The lowest BCUT2D eigenvalue weighted by molar-refractivity contribution is -0.119. The lowest BCUT2D eigenvalue weighted by atomic mass is 10.0. The van der Waals surface area contributed by atoms with Gasteiger partial charge in [0.25, 0.3) is 5.91 Å². The molecule has 1 aromatic carbocycles. The van der Waals surface area contributed by atoms with E-state index in [0.29, 0.717) is 15.6 Å². The van der Waals surface area contributed by atoms with E-state index in [9.17, 15) is 9.59 Å². The molecule has 7 heteroatoms. The Morgan fingerprint density at radius 1 is 1.29 bits per heavy atom. The zero-order chi connectivity index (χ0) is 15.4. The Hall–Kier alpha value is -1.30. The molecular weight excluding hydrogens is 313 g/mol. The van der Waals surface area contributed by atoms with Crippen LogP contribution in [0.1, 0.15) is 23.2 Å². The van der Waals surface area contributed by atoms with Crippen molar-refractivity contribution >= 4 is 35.0 Å². The van der Waals surface area contributed by atoms with Crippen LogP contribution in [0.25, 0.3) is 0 Å². The lowest BCUT2D eigenvalue weighted by Gasteiger charge is -2.31. The second kappa shape index (κ2) is 7.11. The number of carbonyl (C=O) groups is 2. The minimum absolute atomic E-state index is 0.0772. The molecule has 0 bridgehead atoms. The quantitative estimate of drug-likeness (QED) is 0.882. The van der Waals surface area contributed by atoms with E-state index in [1.54, 1.807) is 18.2 Å². The van der Waals surface area contributed by atoms with Gasteiger partial charge in [0.15, 0.2) is 0 Å². The van der Waals surface area contributed by atoms with E-state index in [0.717, 1.165) is 25.9 Å². The molecule has 0 aromatic heterocycles. The molecule has 1 aliphatic heterocycles. The molecule has 1 heterocycles. The second-order valence-electron chi connectivity index (χ2n) is 5.11. The molecule has 114 valence electrons. The summed E-state index contributed by atoms with van der Waals surface area (Å²) in [6.45, 7) is 1.74. The fourth-order valence-corrected chi connectivity index (χ4v) is 2.89. The normalized spacial score (nSPS) is 16.7. The summed E-state index contributed by atoms with van der Waals surface area (Å²) in [4.78, 5) is 25.0. The smallest absolute Gasteiger partial charge is 0.253 e. The number of primary amides is 1. The first kappa shape index (κ1) is 16.1. The molecule has 0 atom stereocenters. The van der Waals surface area contributed by atoms with Crippen molar-refractivity contribution < 1.29 is 9.59 Å². The first-order valence-electron chi connectivity index (χ1n) is 6.72. The number of halogens is 2. The van der Waals surface area contributed by atoms with Gasteiger partial charge >= 0.3 is 0 Å². The number of piperidine rings is 1. The first-order valence-corrected chi connectivity index (χ1v) is 7.48. The van der Waals surface area contributed by atoms with Crippen LogP contribution < -0.4 is 11.1 Å². The fraction of sp³-hybridized carbons (Fsp3) is 0.429. The van der Waals surface area contributed by atoms with E-state index < -0.39 is 0 Å². The van der Waals surface area contributed by atoms with Crippen LogP contribution in [0.15, 0.2) is 18.2 Å². The molecule has 5 nitrogen and oxygen atoms in total. The number of nitrogens with two attached hydrogens (primary N) is 1. The number of nitrogens with one attached hydrogen (secondary N) is 1. The minimum Gasteiger partial charge on any atom is -0.369 e. The third-order valence-corrected chi connectivity index (χ3v) is 4.03. The van der Waals surface area contributed by atoms with Gasteiger partial charge in [0.2, 0.25) is 5.91 Å². The summed E-state index contributed by atoms with van der Waals surface area (Å²) in [6.07, 6.45) is 1.56. The van der Waals surface area contributed by atoms with Gasteiger partial charge in [0.1, 0.15) is 0 Å². The summed E-state index contributed by atoms with van der Waals surface area (Å²) in [5.74, 6) is -0.532. The van der Waals surface area contributed by atoms with Crippen LogP contribution in [0.5, 0.6) is 0 Å². The molecule has 21 heavy (non-hydrogen) atoms. The zero-order valence-corrected chi connectivity index (χ0v) is 13.0. The molecule has 1 aliphatic rings. The molecular formula is C14H17Cl2N3O2. The average molecular weight is 330 g/mol.